The van der Waals surface area contributed by atoms with E-state index >= 15 is 0 Å². The summed E-state index contributed by atoms with van der Waals surface area (Å²) >= 11 is 0. The van der Waals surface area contributed by atoms with Gasteiger partial charge in [0.05, 0.1) is 16.9 Å². The lowest BCUT2D eigenvalue weighted by Gasteiger charge is -2.20. The van der Waals surface area contributed by atoms with E-state index < -0.39 is 14.9 Å². The van der Waals surface area contributed by atoms with E-state index in [4.69, 9.17) is 4.42 Å². The Morgan fingerprint density at radius 1 is 1.31 bits per heavy atom. The molecule has 1 aromatic heterocycles. The molecule has 9 nitrogen and oxygen atoms in total. The minimum atomic E-state index is -3.92. The van der Waals surface area contributed by atoms with Crippen molar-refractivity contribution < 1.29 is 17.8 Å². The van der Waals surface area contributed by atoms with Crippen LogP contribution in [0.4, 0.5) is 11.4 Å². The second-order valence-corrected chi connectivity index (χ2v) is 7.22. The van der Waals surface area contributed by atoms with Gasteiger partial charge in [0.15, 0.2) is 0 Å². The maximum atomic E-state index is 12.9. The number of benzene rings is 1. The first-order valence-corrected chi connectivity index (χ1v) is 9.38. The Morgan fingerprint density at radius 2 is 2.00 bits per heavy atom. The second-order valence-electron chi connectivity index (χ2n) is 5.31. The quantitative estimate of drug-likeness (QED) is 0.427. The number of hydrazone groups is 1. The van der Waals surface area contributed by atoms with E-state index in [2.05, 4.69) is 10.5 Å². The largest absolute Gasteiger partial charge is 0.463 e. The van der Waals surface area contributed by atoms with Gasteiger partial charge in [-0.25, -0.2) is 8.42 Å². The first kappa shape index (κ1) is 19.6. The summed E-state index contributed by atoms with van der Waals surface area (Å²) in [6.07, 6.45) is 1.50. The van der Waals surface area contributed by atoms with Gasteiger partial charge in [-0.2, -0.15) is 9.41 Å². The normalized spacial score (nSPS) is 12.4. The van der Waals surface area contributed by atoms with Crippen LogP contribution in [0.3, 0.4) is 0 Å². The summed E-state index contributed by atoms with van der Waals surface area (Å²) < 4.78 is 32.2. The fourth-order valence-corrected chi connectivity index (χ4v) is 3.94. The van der Waals surface area contributed by atoms with Crippen molar-refractivity contribution in [2.24, 2.45) is 5.10 Å². The van der Waals surface area contributed by atoms with Gasteiger partial charge in [0.2, 0.25) is 10.0 Å². The average Bonchev–Trinajstić information content (AvgIpc) is 3.15. The zero-order valence-corrected chi connectivity index (χ0v) is 15.5. The van der Waals surface area contributed by atoms with Crippen LogP contribution in [0, 0.1) is 10.1 Å². The van der Waals surface area contributed by atoms with Gasteiger partial charge >= 0.3 is 0 Å². The Bertz CT molecular complexity index is 903. The van der Waals surface area contributed by atoms with Crippen molar-refractivity contribution in [3.05, 3.63) is 52.5 Å². The number of nitrogens with zero attached hydrogens (tertiary/aromatic N) is 3. The molecule has 1 heterocycles. The van der Waals surface area contributed by atoms with Gasteiger partial charge in [-0.15, -0.1) is 0 Å². The number of sulfonamides is 1. The molecule has 0 saturated heterocycles. The Hall–Kier alpha value is -2.72. The lowest BCUT2D eigenvalue weighted by Crippen LogP contribution is -2.31. The van der Waals surface area contributed by atoms with Crippen LogP contribution in [0.1, 0.15) is 26.5 Å². The van der Waals surface area contributed by atoms with Gasteiger partial charge in [0, 0.05) is 25.2 Å². The highest BCUT2D eigenvalue weighted by atomic mass is 32.2. The molecular weight excluding hydrogens is 360 g/mol. The minimum absolute atomic E-state index is 0.147. The van der Waals surface area contributed by atoms with Gasteiger partial charge in [-0.3, -0.25) is 15.5 Å². The third-order valence-electron chi connectivity index (χ3n) is 3.72. The fraction of sp³-hybridized carbons (Fsp3) is 0.312. The Morgan fingerprint density at radius 3 is 2.54 bits per heavy atom. The lowest BCUT2D eigenvalue weighted by molar-refractivity contribution is -0.385. The van der Waals surface area contributed by atoms with Crippen LogP contribution in [0.25, 0.3) is 0 Å². The number of rotatable bonds is 8. The Balaban J connectivity index is 2.49. The predicted octanol–water partition coefficient (Wildman–Crippen LogP) is 3.05. The molecule has 0 atom stereocenters. The fourth-order valence-electron chi connectivity index (χ4n) is 2.32. The monoisotopic (exact) mass is 380 g/mol. The van der Waals surface area contributed by atoms with Crippen LogP contribution in [-0.2, 0) is 10.0 Å². The molecule has 0 fully saturated rings. The van der Waals surface area contributed by atoms with Gasteiger partial charge in [0.1, 0.15) is 16.4 Å². The van der Waals surface area contributed by atoms with Gasteiger partial charge in [0.25, 0.3) is 5.69 Å². The summed E-state index contributed by atoms with van der Waals surface area (Å²) in [7, 11) is -3.92. The molecule has 1 N–H and O–H groups in total. The molecule has 0 radical (unpaired) electrons. The van der Waals surface area contributed by atoms with Crippen molar-refractivity contribution in [1.82, 2.24) is 4.31 Å². The number of nitrogens with one attached hydrogen (secondary N) is 1. The van der Waals surface area contributed by atoms with Crippen molar-refractivity contribution in [1.29, 1.82) is 0 Å². The molecule has 0 saturated carbocycles. The third-order valence-corrected chi connectivity index (χ3v) is 5.81. The lowest BCUT2D eigenvalue weighted by atomic mass is 10.3. The van der Waals surface area contributed by atoms with Crippen molar-refractivity contribution in [3.63, 3.8) is 0 Å². The zero-order chi connectivity index (χ0) is 19.3. The topological polar surface area (TPSA) is 118 Å². The van der Waals surface area contributed by atoms with Crippen molar-refractivity contribution in [3.8, 4) is 0 Å². The van der Waals surface area contributed by atoms with Crippen LogP contribution in [0.15, 0.2) is 51.0 Å². The summed E-state index contributed by atoms with van der Waals surface area (Å²) in [5.74, 6) is 0.521. The summed E-state index contributed by atoms with van der Waals surface area (Å²) in [4.78, 5) is 10.2. The first-order valence-electron chi connectivity index (χ1n) is 7.94. The number of hydrogen-bond acceptors (Lipinski definition) is 7. The van der Waals surface area contributed by atoms with Crippen molar-refractivity contribution >= 4 is 27.1 Å². The van der Waals surface area contributed by atoms with Gasteiger partial charge in [-0.1, -0.05) is 13.8 Å². The zero-order valence-electron chi connectivity index (χ0n) is 14.7. The number of hydrogen-bond donors (Lipinski definition) is 1. The Labute approximate surface area is 151 Å². The highest BCUT2D eigenvalue weighted by Crippen LogP contribution is 2.29. The number of anilines is 1. The molecule has 0 aliphatic carbocycles. The van der Waals surface area contributed by atoms with E-state index in [9.17, 15) is 18.5 Å². The van der Waals surface area contributed by atoms with Crippen LogP contribution in [0.2, 0.25) is 0 Å². The standard InChI is InChI=1S/C16H20N4O5S/c1-4-19(5-2)26(23,24)16-11-13(20(21)22)8-9-14(16)18-17-12(3)15-7-6-10-25-15/h6-11,18H,4-5H2,1-3H3. The molecule has 2 aromatic rings. The molecule has 0 bridgehead atoms. The Kier molecular flexibility index (Phi) is 6.11. The van der Waals surface area contributed by atoms with Crippen LogP contribution >= 0.6 is 0 Å². The molecular formula is C16H20N4O5S. The van der Waals surface area contributed by atoms with Crippen molar-refractivity contribution in [2.45, 2.75) is 25.7 Å². The maximum absolute atomic E-state index is 12.9. The molecule has 2 rings (SSSR count). The third kappa shape index (κ3) is 4.09. The molecule has 0 amide bonds. The SMILES string of the molecule is CCN(CC)S(=O)(=O)c1cc([N+](=O)[O-])ccc1NN=C(C)c1ccco1. The first-order chi connectivity index (χ1) is 12.3. The number of non-ortho nitro benzene ring substituents is 1. The van der Waals surface area contributed by atoms with Gasteiger partial charge < -0.3 is 4.42 Å². The maximum Gasteiger partial charge on any atom is 0.270 e. The van der Waals surface area contributed by atoms with E-state index in [1.54, 1.807) is 32.9 Å². The summed E-state index contributed by atoms with van der Waals surface area (Å²) in [6, 6.07) is 7.00. The van der Waals surface area contributed by atoms with E-state index in [0.717, 1.165) is 6.07 Å². The average molecular weight is 380 g/mol. The van der Waals surface area contributed by atoms with Crippen molar-refractivity contribution in [2.75, 3.05) is 18.5 Å². The molecule has 0 unspecified atom stereocenters. The molecule has 10 heteroatoms. The van der Waals surface area contributed by atoms with Crippen LogP contribution in [0.5, 0.6) is 0 Å². The molecule has 0 aliphatic rings. The summed E-state index contributed by atoms with van der Waals surface area (Å²) in [6.45, 7) is 5.58. The van der Waals surface area contributed by atoms with E-state index in [1.165, 1.54) is 22.7 Å². The molecule has 1 aromatic carbocycles. The number of nitro groups is 1. The molecule has 0 aliphatic heterocycles. The summed E-state index contributed by atoms with van der Waals surface area (Å²) in [5, 5.41) is 15.2. The molecule has 26 heavy (non-hydrogen) atoms. The number of furan rings is 1. The molecule has 0 spiro atoms. The summed E-state index contributed by atoms with van der Waals surface area (Å²) in [5.41, 5.74) is 3.01. The van der Waals surface area contributed by atoms with E-state index in [-0.39, 0.29) is 29.4 Å². The minimum Gasteiger partial charge on any atom is -0.463 e. The van der Waals surface area contributed by atoms with Crippen LogP contribution < -0.4 is 5.43 Å². The predicted molar refractivity (Wildman–Crippen MR) is 97.7 cm³/mol. The highest BCUT2D eigenvalue weighted by molar-refractivity contribution is 7.89. The van der Waals surface area contributed by atoms with E-state index in [1.807, 2.05) is 0 Å². The smallest absolute Gasteiger partial charge is 0.270 e. The second kappa shape index (κ2) is 8.11. The number of nitro benzene ring substituents is 1. The molecule has 140 valence electrons. The highest BCUT2D eigenvalue weighted by Gasteiger charge is 2.27. The van der Waals surface area contributed by atoms with Crippen LogP contribution in [-0.4, -0.2) is 36.4 Å². The van der Waals surface area contributed by atoms with E-state index in [0.29, 0.717) is 11.5 Å². The van der Waals surface area contributed by atoms with Gasteiger partial charge in [-0.05, 0) is 25.1 Å².